The smallest absolute Gasteiger partial charge is 0.295 e. The predicted molar refractivity (Wildman–Crippen MR) is 166 cm³/mol. The second-order valence-corrected chi connectivity index (χ2v) is 11.5. The lowest BCUT2D eigenvalue weighted by Gasteiger charge is -2.31. The van der Waals surface area contributed by atoms with Gasteiger partial charge >= 0.3 is 0 Å². The van der Waals surface area contributed by atoms with Gasteiger partial charge in [0.2, 0.25) is 5.91 Å². The zero-order valence-corrected chi connectivity index (χ0v) is 24.6. The maximum Gasteiger partial charge on any atom is 0.295 e. The fraction of sp³-hybridized carbons (Fsp3) is 0.200. The van der Waals surface area contributed by atoms with E-state index in [4.69, 9.17) is 4.42 Å². The molecule has 5 aromatic rings. The van der Waals surface area contributed by atoms with Gasteiger partial charge < -0.3 is 14.8 Å². The summed E-state index contributed by atoms with van der Waals surface area (Å²) in [6.45, 7) is 6.37. The lowest BCUT2D eigenvalue weighted by atomic mass is 9.87. The molecule has 224 valence electrons. The standard InChI is InChI=1S/C35H32FN3O5/c1-35(2,3)24-12-14-26(15-13-24)39(34(43)30-20-28(41)31-27(40)10-5-11-29(31)44-30)32(23-8-6-17-37-21-23)33(42)38-18-16-22-7-4-9-25(36)19-22/h4-15,17,19-21,32,40H,16,18H2,1-3H3,(H,38,42). The molecule has 2 N–H and O–H groups in total. The van der Waals surface area contributed by atoms with E-state index in [0.717, 1.165) is 11.6 Å². The number of pyridine rings is 1. The fourth-order valence-corrected chi connectivity index (χ4v) is 5.00. The number of amides is 2. The first-order valence-corrected chi connectivity index (χ1v) is 14.1. The first-order valence-electron chi connectivity index (χ1n) is 14.1. The maximum atomic E-state index is 14.3. The monoisotopic (exact) mass is 593 g/mol. The lowest BCUT2D eigenvalue weighted by molar-refractivity contribution is -0.122. The van der Waals surface area contributed by atoms with Crippen molar-refractivity contribution >= 4 is 28.5 Å². The first-order chi connectivity index (χ1) is 21.0. The highest BCUT2D eigenvalue weighted by atomic mass is 19.1. The topological polar surface area (TPSA) is 113 Å². The van der Waals surface area contributed by atoms with Crippen molar-refractivity contribution in [1.82, 2.24) is 10.3 Å². The summed E-state index contributed by atoms with van der Waals surface area (Å²) in [6.07, 6.45) is 3.41. The average molecular weight is 594 g/mol. The van der Waals surface area contributed by atoms with Crippen molar-refractivity contribution in [2.24, 2.45) is 0 Å². The van der Waals surface area contributed by atoms with Gasteiger partial charge in [-0.25, -0.2) is 4.39 Å². The Kier molecular flexibility index (Phi) is 8.57. The summed E-state index contributed by atoms with van der Waals surface area (Å²) >= 11 is 0. The van der Waals surface area contributed by atoms with Crippen molar-refractivity contribution in [2.45, 2.75) is 38.6 Å². The van der Waals surface area contributed by atoms with Crippen LogP contribution in [0.5, 0.6) is 5.75 Å². The van der Waals surface area contributed by atoms with Gasteiger partial charge in [-0.1, -0.05) is 57.2 Å². The maximum absolute atomic E-state index is 14.3. The number of fused-ring (bicyclic) bond motifs is 1. The van der Waals surface area contributed by atoms with Gasteiger partial charge in [0.15, 0.2) is 11.2 Å². The molecule has 2 amide bonds. The number of halogens is 1. The van der Waals surface area contributed by atoms with E-state index in [1.54, 1.807) is 42.6 Å². The number of phenols is 1. The van der Waals surface area contributed by atoms with Gasteiger partial charge in [0, 0.05) is 36.3 Å². The second kappa shape index (κ2) is 12.5. The molecule has 0 aliphatic carbocycles. The summed E-state index contributed by atoms with van der Waals surface area (Å²) in [4.78, 5) is 46.8. The van der Waals surface area contributed by atoms with Crippen LogP contribution >= 0.6 is 0 Å². The third-order valence-corrected chi connectivity index (χ3v) is 7.28. The molecule has 0 spiro atoms. The molecule has 44 heavy (non-hydrogen) atoms. The van der Waals surface area contributed by atoms with Gasteiger partial charge in [-0.05, 0) is 65.4 Å². The molecule has 2 heterocycles. The Hall–Kier alpha value is -5.31. The summed E-state index contributed by atoms with van der Waals surface area (Å²) in [6, 6.07) is 20.8. The molecule has 3 aromatic carbocycles. The molecule has 0 aliphatic rings. The molecule has 9 heteroatoms. The molecule has 1 unspecified atom stereocenters. The number of nitrogens with one attached hydrogen (secondary N) is 1. The third-order valence-electron chi connectivity index (χ3n) is 7.28. The Morgan fingerprint density at radius 3 is 2.43 bits per heavy atom. The van der Waals surface area contributed by atoms with Gasteiger partial charge in [-0.3, -0.25) is 24.3 Å². The van der Waals surface area contributed by atoms with Crippen LogP contribution in [0.3, 0.4) is 0 Å². The van der Waals surface area contributed by atoms with Crippen LogP contribution in [-0.2, 0) is 16.6 Å². The summed E-state index contributed by atoms with van der Waals surface area (Å²) < 4.78 is 19.6. The number of aromatic hydroxyl groups is 1. The van der Waals surface area contributed by atoms with Gasteiger partial charge in [0.25, 0.3) is 5.91 Å². The van der Waals surface area contributed by atoms with E-state index in [1.807, 2.05) is 12.1 Å². The largest absolute Gasteiger partial charge is 0.507 e. The van der Waals surface area contributed by atoms with Gasteiger partial charge in [0.05, 0.1) is 0 Å². The normalized spacial score (nSPS) is 12.1. The summed E-state index contributed by atoms with van der Waals surface area (Å²) in [7, 11) is 0. The van der Waals surface area contributed by atoms with Crippen molar-refractivity contribution in [2.75, 3.05) is 11.4 Å². The highest BCUT2D eigenvalue weighted by Crippen LogP contribution is 2.32. The number of carbonyl (C=O) groups excluding carboxylic acids is 2. The Balaban J connectivity index is 1.59. The molecule has 0 bridgehead atoms. The summed E-state index contributed by atoms with van der Waals surface area (Å²) in [5.74, 6) is -2.21. The van der Waals surface area contributed by atoms with Crippen molar-refractivity contribution in [3.05, 3.63) is 136 Å². The molecule has 0 fully saturated rings. The second-order valence-electron chi connectivity index (χ2n) is 11.5. The molecule has 1 atom stereocenters. The Morgan fingerprint density at radius 1 is 1.00 bits per heavy atom. The highest BCUT2D eigenvalue weighted by Gasteiger charge is 2.35. The number of benzene rings is 3. The quantitative estimate of drug-likeness (QED) is 0.226. The molecule has 2 aromatic heterocycles. The molecule has 8 nitrogen and oxygen atoms in total. The van der Waals surface area contributed by atoms with E-state index in [-0.39, 0.29) is 40.3 Å². The number of rotatable bonds is 8. The Morgan fingerprint density at radius 2 is 1.75 bits per heavy atom. The van der Waals surface area contributed by atoms with Gasteiger partial charge in [0.1, 0.15) is 28.6 Å². The highest BCUT2D eigenvalue weighted by molar-refractivity contribution is 6.09. The van der Waals surface area contributed by atoms with E-state index in [1.165, 1.54) is 41.4 Å². The number of phenolic OH excluding ortho intramolecular Hbond substituents is 1. The van der Waals surface area contributed by atoms with Crippen molar-refractivity contribution in [3.8, 4) is 5.75 Å². The lowest BCUT2D eigenvalue weighted by Crippen LogP contribution is -2.44. The van der Waals surface area contributed by atoms with Crippen LogP contribution in [0.2, 0.25) is 0 Å². The van der Waals surface area contributed by atoms with Crippen molar-refractivity contribution in [1.29, 1.82) is 0 Å². The number of hydrogen-bond donors (Lipinski definition) is 2. The van der Waals surface area contributed by atoms with Gasteiger partial charge in [-0.2, -0.15) is 0 Å². The van der Waals surface area contributed by atoms with Crippen molar-refractivity contribution in [3.63, 3.8) is 0 Å². The van der Waals surface area contributed by atoms with Crippen LogP contribution in [0, 0.1) is 5.82 Å². The number of carbonyl (C=O) groups is 2. The third kappa shape index (κ3) is 6.52. The van der Waals surface area contributed by atoms with E-state index in [0.29, 0.717) is 23.2 Å². The zero-order valence-electron chi connectivity index (χ0n) is 24.6. The zero-order chi connectivity index (χ0) is 31.4. The minimum atomic E-state index is -1.21. The van der Waals surface area contributed by atoms with E-state index >= 15 is 0 Å². The summed E-state index contributed by atoms with van der Waals surface area (Å²) in [5, 5.41) is 13.0. The van der Waals surface area contributed by atoms with Crippen LogP contribution in [0.1, 0.15) is 54.1 Å². The SMILES string of the molecule is CC(C)(C)c1ccc(N(C(=O)c2cc(=O)c3c(O)cccc3o2)C(C(=O)NCCc2cccc(F)c2)c2cccnc2)cc1. The number of anilines is 1. The predicted octanol–water partition coefficient (Wildman–Crippen LogP) is 6.08. The van der Waals surface area contributed by atoms with Crippen LogP contribution in [0.4, 0.5) is 10.1 Å². The Labute approximate surface area is 253 Å². The number of hydrogen-bond acceptors (Lipinski definition) is 6. The fourth-order valence-electron chi connectivity index (χ4n) is 5.00. The van der Waals surface area contributed by atoms with Crippen LogP contribution in [0.15, 0.2) is 107 Å². The average Bonchev–Trinajstić information content (AvgIpc) is 2.99. The van der Waals surface area contributed by atoms with Crippen LogP contribution in [0.25, 0.3) is 11.0 Å². The molecule has 0 aliphatic heterocycles. The van der Waals surface area contributed by atoms with Crippen LogP contribution < -0.4 is 15.6 Å². The minimum absolute atomic E-state index is 0.0290. The molecular weight excluding hydrogens is 561 g/mol. The van der Waals surface area contributed by atoms with E-state index in [9.17, 15) is 23.9 Å². The van der Waals surface area contributed by atoms with Crippen molar-refractivity contribution < 1.29 is 23.5 Å². The van der Waals surface area contributed by atoms with Crippen LogP contribution in [-0.4, -0.2) is 28.4 Å². The minimum Gasteiger partial charge on any atom is -0.507 e. The molecule has 5 rings (SSSR count). The van der Waals surface area contributed by atoms with E-state index < -0.39 is 23.3 Å². The number of aromatic nitrogens is 1. The molecular formula is C35H32FN3O5. The molecule has 0 saturated carbocycles. The first kappa shape index (κ1) is 30.2. The molecule has 0 saturated heterocycles. The Bertz CT molecular complexity index is 1860. The van der Waals surface area contributed by atoms with Gasteiger partial charge in [-0.15, -0.1) is 0 Å². The number of nitrogens with zero attached hydrogens (tertiary/aromatic N) is 2. The summed E-state index contributed by atoms with van der Waals surface area (Å²) in [5.41, 5.74) is 1.78. The van der Waals surface area contributed by atoms with E-state index in [2.05, 4.69) is 31.1 Å². The molecule has 0 radical (unpaired) electrons.